The summed E-state index contributed by atoms with van der Waals surface area (Å²) in [7, 11) is -3.64. The summed E-state index contributed by atoms with van der Waals surface area (Å²) in [6, 6.07) is 4.33. The van der Waals surface area contributed by atoms with E-state index < -0.39 is 111 Å². The van der Waals surface area contributed by atoms with Gasteiger partial charge < -0.3 is 42.5 Å². The van der Waals surface area contributed by atoms with Gasteiger partial charge in [-0.3, -0.25) is 18.6 Å². The largest absolute Gasteiger partial charge is 0.460 e. The quantitative estimate of drug-likeness (QED) is 0.0446. The standard InChI is InChI=1S/C64H111NO15SSi2/c1-18-82(19-2,20-3)79-53-35-33-50(40-57(53)74-15)39-46(10)55-42-56(78-81(17,71)72)45(9)38-48(12)59(80-83(21-4,22-5)23-6)60(75-16)58(66)47(11)37-43(7)29-25-24-26-30-44(8)54(73-14)41-51-34-32-49(13)64(70,77-51)61(67)62(68)65-36-28-27-31-52(65)63(69)76-55/h24-26,29-30,38,43,45-47,49-57,59-60,70H,18-23,27-28,31-37,39-42H2,1-17H3/b26-24+,29-25+,44-30+,48-38+/t43-,45-,46-,47-,49-,50+,51+,52+,53-,54+,55+,56-,57-,59-,60+,64-/m1/s1. The van der Waals surface area contributed by atoms with E-state index in [4.69, 9.17) is 36.7 Å². The van der Waals surface area contributed by atoms with Crippen molar-refractivity contribution < 1.29 is 69.4 Å². The second-order valence-corrected chi connectivity index (χ2v) is 36.3. The van der Waals surface area contributed by atoms with E-state index in [9.17, 15) is 27.9 Å². The third-order valence-corrected chi connectivity index (χ3v) is 29.4. The monoisotopic (exact) mass is 1220 g/mol. The summed E-state index contributed by atoms with van der Waals surface area (Å²) in [6.45, 7) is 26.5. The second kappa shape index (κ2) is 33.6. The minimum atomic E-state index is -4.13. The summed E-state index contributed by atoms with van der Waals surface area (Å²) < 4.78 is 78.4. The van der Waals surface area contributed by atoms with Crippen molar-refractivity contribution in [1.82, 2.24) is 4.90 Å². The fourth-order valence-electron chi connectivity index (χ4n) is 13.4. The normalized spacial score (nSPS) is 35.8. The molecule has 1 N–H and O–H groups in total. The van der Waals surface area contributed by atoms with Crippen molar-refractivity contribution in [2.24, 2.45) is 35.5 Å². The van der Waals surface area contributed by atoms with E-state index in [0.29, 0.717) is 50.5 Å². The maximum Gasteiger partial charge on any atom is 0.329 e. The number of piperidine rings is 1. The Bertz CT molecular complexity index is 2300. The number of aliphatic hydroxyl groups is 1. The third kappa shape index (κ3) is 19.9. The Morgan fingerprint density at radius 3 is 1.95 bits per heavy atom. The van der Waals surface area contributed by atoms with Gasteiger partial charge in [-0.05, 0) is 143 Å². The minimum absolute atomic E-state index is 0.0215. The molecular formula is C64H111NO15SSi2. The summed E-state index contributed by atoms with van der Waals surface area (Å²) in [5.41, 5.74) is 1.58. The maximum atomic E-state index is 15.1. The fourth-order valence-corrected chi connectivity index (χ4v) is 19.9. The van der Waals surface area contributed by atoms with Gasteiger partial charge in [-0.25, -0.2) is 4.79 Å². The number of amides is 1. The lowest BCUT2D eigenvalue weighted by atomic mass is 9.78. The van der Waals surface area contributed by atoms with E-state index >= 15 is 4.79 Å². The van der Waals surface area contributed by atoms with Crippen molar-refractivity contribution >= 4 is 50.2 Å². The summed E-state index contributed by atoms with van der Waals surface area (Å²) in [5, 5.41) is 12.2. The fraction of sp³-hybridized carbons (Fsp3) is 0.812. The van der Waals surface area contributed by atoms with Crippen molar-refractivity contribution in [2.45, 2.75) is 264 Å². The highest BCUT2D eigenvalue weighted by Gasteiger charge is 2.53. The van der Waals surface area contributed by atoms with Crippen molar-refractivity contribution in [3.05, 3.63) is 47.6 Å². The van der Waals surface area contributed by atoms with Crippen LogP contribution < -0.4 is 0 Å². The number of fused-ring (bicyclic) bond motifs is 3. The molecule has 1 amide bonds. The van der Waals surface area contributed by atoms with Crippen LogP contribution in [0.5, 0.6) is 0 Å². The van der Waals surface area contributed by atoms with Crippen LogP contribution in [-0.4, -0.2) is 153 Å². The van der Waals surface area contributed by atoms with Gasteiger partial charge in [0.15, 0.2) is 22.4 Å². The summed E-state index contributed by atoms with van der Waals surface area (Å²) >= 11 is 0. The van der Waals surface area contributed by atoms with Crippen LogP contribution in [0.15, 0.2) is 47.6 Å². The number of ketones is 2. The number of nitrogens with zero attached hydrogens (tertiary/aromatic N) is 1. The van der Waals surface area contributed by atoms with Gasteiger partial charge in [0.25, 0.3) is 21.8 Å². The van der Waals surface area contributed by atoms with Crippen LogP contribution in [0.3, 0.4) is 0 Å². The van der Waals surface area contributed by atoms with Crippen molar-refractivity contribution in [3.63, 3.8) is 0 Å². The number of ether oxygens (including phenoxy) is 5. The predicted molar refractivity (Wildman–Crippen MR) is 332 cm³/mol. The van der Waals surface area contributed by atoms with Gasteiger partial charge in [0.2, 0.25) is 5.79 Å². The zero-order chi connectivity index (χ0) is 62.0. The van der Waals surface area contributed by atoms with E-state index in [1.807, 2.05) is 65.0 Å². The zero-order valence-electron chi connectivity index (χ0n) is 54.1. The molecule has 2 bridgehead atoms. The lowest BCUT2D eigenvalue weighted by molar-refractivity contribution is -0.265. The average Bonchev–Trinajstić information content (AvgIpc) is 3.34. The topological polar surface area (TPSA) is 200 Å². The van der Waals surface area contributed by atoms with Gasteiger partial charge in [-0.15, -0.1) is 0 Å². The number of Topliss-reactive ketones (excluding diaryl/α,β-unsaturated/α-hetero) is 2. The third-order valence-electron chi connectivity index (χ3n) is 19.5. The SMILES string of the molecule is CC[Si](CC)(CC)O[C@@H]1/C(C)=C/[C@@H](C)[C@H](OS(C)(=O)=O)C[C@@H]([C@H](C)C[C@@H]2CC[C@@H](O[Si](CC)(CC)CC)[C@H](OC)C2)OC(=O)[C@@H]2CCCCN2C(=O)C(=O)[C@]2(O)O[C@@H](CC[C@H]2C)C[C@H](OC)/C(C)=C/C=C/C=C/[C@@H](C)C[C@@H](C)C(=O)[C@@H]1OC. The van der Waals surface area contributed by atoms with Gasteiger partial charge in [0.05, 0.1) is 42.9 Å². The van der Waals surface area contributed by atoms with E-state index in [2.05, 4.69) is 54.5 Å². The van der Waals surface area contributed by atoms with Crippen LogP contribution >= 0.6 is 0 Å². The van der Waals surface area contributed by atoms with Crippen molar-refractivity contribution in [2.75, 3.05) is 34.1 Å². The molecule has 2 saturated heterocycles. The highest BCUT2D eigenvalue weighted by molar-refractivity contribution is 7.86. The first-order valence-electron chi connectivity index (χ1n) is 31.7. The Morgan fingerprint density at radius 1 is 0.723 bits per heavy atom. The highest BCUT2D eigenvalue weighted by atomic mass is 32.2. The molecule has 3 heterocycles. The first-order valence-corrected chi connectivity index (χ1v) is 38.6. The van der Waals surface area contributed by atoms with Gasteiger partial charge >= 0.3 is 5.97 Å². The second-order valence-electron chi connectivity index (χ2n) is 25.2. The van der Waals surface area contributed by atoms with Crippen LogP contribution in [0.4, 0.5) is 0 Å². The van der Waals surface area contributed by atoms with Crippen LogP contribution in [0.1, 0.15) is 167 Å². The molecule has 0 spiro atoms. The molecule has 476 valence electrons. The van der Waals surface area contributed by atoms with Crippen LogP contribution in [-0.2, 0) is 66.0 Å². The van der Waals surface area contributed by atoms with Crippen LogP contribution in [0, 0.1) is 35.5 Å². The smallest absolute Gasteiger partial charge is 0.329 e. The number of cyclic esters (lactones) is 1. The zero-order valence-corrected chi connectivity index (χ0v) is 56.9. The molecule has 83 heavy (non-hydrogen) atoms. The Hall–Kier alpha value is -2.70. The molecule has 1 saturated carbocycles. The van der Waals surface area contributed by atoms with Gasteiger partial charge in [0.1, 0.15) is 18.2 Å². The molecule has 0 aromatic carbocycles. The number of esters is 1. The predicted octanol–water partition coefficient (Wildman–Crippen LogP) is 12.0. The van der Waals surface area contributed by atoms with E-state index in [0.717, 1.165) is 67.4 Å². The molecule has 1 aliphatic carbocycles. The van der Waals surface area contributed by atoms with Gasteiger partial charge in [0, 0.05) is 58.5 Å². The van der Waals surface area contributed by atoms with Crippen molar-refractivity contribution in [3.8, 4) is 0 Å². The van der Waals surface area contributed by atoms with Crippen LogP contribution in [0.25, 0.3) is 0 Å². The number of allylic oxidation sites excluding steroid dienone is 5. The molecule has 0 radical (unpaired) electrons. The molecule has 0 aromatic rings. The maximum absolute atomic E-state index is 15.1. The summed E-state index contributed by atoms with van der Waals surface area (Å²) in [6.07, 6.45) is 13.7. The minimum Gasteiger partial charge on any atom is -0.460 e. The Kier molecular flexibility index (Phi) is 29.5. The molecular weight excluding hydrogens is 1110 g/mol. The number of methoxy groups -OCH3 is 3. The number of carbonyl (C=O) groups excluding carboxylic acids is 4. The first kappa shape index (κ1) is 72.8. The molecule has 4 rings (SSSR count). The molecule has 0 aromatic heterocycles. The molecule has 3 aliphatic heterocycles. The lowest BCUT2D eigenvalue weighted by Gasteiger charge is -2.43. The number of hydrogen-bond donors (Lipinski definition) is 1. The van der Waals surface area contributed by atoms with Gasteiger partial charge in [-0.2, -0.15) is 8.42 Å². The van der Waals surface area contributed by atoms with E-state index in [1.165, 1.54) is 12.0 Å². The van der Waals surface area contributed by atoms with E-state index in [1.54, 1.807) is 21.1 Å². The Balaban J connectivity index is 1.89. The molecule has 16 nitrogen and oxygen atoms in total. The van der Waals surface area contributed by atoms with Crippen molar-refractivity contribution in [1.29, 1.82) is 0 Å². The first-order chi connectivity index (χ1) is 39.2. The molecule has 4 aliphatic rings. The lowest BCUT2D eigenvalue weighted by Crippen LogP contribution is -2.61. The Labute approximate surface area is 503 Å². The number of hydrogen-bond acceptors (Lipinski definition) is 15. The summed E-state index contributed by atoms with van der Waals surface area (Å²) in [4.78, 5) is 60.3. The van der Waals surface area contributed by atoms with Crippen LogP contribution in [0.2, 0.25) is 36.3 Å². The highest BCUT2D eigenvalue weighted by Crippen LogP contribution is 2.40. The molecule has 3 fully saturated rings. The number of rotatable bonds is 18. The van der Waals surface area contributed by atoms with Gasteiger partial charge in [-0.1, -0.05) is 113 Å². The average molecular weight is 1220 g/mol. The Morgan fingerprint density at radius 2 is 1.36 bits per heavy atom. The molecule has 16 atom stereocenters. The number of carbonyl (C=O) groups is 4. The molecule has 19 heteroatoms. The van der Waals surface area contributed by atoms with E-state index in [-0.39, 0.29) is 55.1 Å². The summed E-state index contributed by atoms with van der Waals surface area (Å²) in [5.74, 6) is -7.41. The molecule has 0 unspecified atom stereocenters.